The fourth-order valence-electron chi connectivity index (χ4n) is 2.44. The molecule has 1 aromatic carbocycles. The summed E-state index contributed by atoms with van der Waals surface area (Å²) in [6.45, 7) is 3.24. The van der Waals surface area contributed by atoms with Gasteiger partial charge >= 0.3 is 0 Å². The molecule has 0 aliphatic heterocycles. The van der Waals surface area contributed by atoms with E-state index < -0.39 is 0 Å². The first kappa shape index (κ1) is 22.8. The fraction of sp³-hybridized carbons (Fsp3) is 0.333. The zero-order valence-corrected chi connectivity index (χ0v) is 18.3. The molecule has 0 radical (unpaired) electrons. The molecule has 0 amide bonds. The van der Waals surface area contributed by atoms with Gasteiger partial charge in [0.25, 0.3) is 0 Å². The van der Waals surface area contributed by atoms with Crippen LogP contribution < -0.4 is 16.6 Å². The first-order chi connectivity index (χ1) is 12.0. The van der Waals surface area contributed by atoms with Gasteiger partial charge in [0.15, 0.2) is 5.96 Å². The van der Waals surface area contributed by atoms with Crippen molar-refractivity contribution in [1.29, 1.82) is 0 Å². The van der Waals surface area contributed by atoms with Gasteiger partial charge in [0, 0.05) is 35.4 Å². The van der Waals surface area contributed by atoms with Gasteiger partial charge in [-0.1, -0.05) is 35.3 Å². The summed E-state index contributed by atoms with van der Waals surface area (Å²) in [6, 6.07) is 10.4. The van der Waals surface area contributed by atoms with E-state index in [1.54, 1.807) is 35.0 Å². The highest BCUT2D eigenvalue weighted by Crippen LogP contribution is 2.25. The van der Waals surface area contributed by atoms with Crippen LogP contribution in [0, 0.1) is 0 Å². The largest absolute Gasteiger partial charge is 0.370 e. The van der Waals surface area contributed by atoms with Gasteiger partial charge in [-0.25, -0.2) is 0 Å². The predicted octanol–water partition coefficient (Wildman–Crippen LogP) is 4.22. The second-order valence-corrected chi connectivity index (χ2v) is 6.58. The summed E-state index contributed by atoms with van der Waals surface area (Å²) in [5.74, 6) is 0.371. The van der Waals surface area contributed by atoms with Crippen molar-refractivity contribution in [2.24, 2.45) is 10.7 Å². The van der Waals surface area contributed by atoms with Crippen LogP contribution in [0.3, 0.4) is 0 Å². The number of pyridine rings is 1. The standard InChI is InChI=1S/C18H22Cl2N4O.HI/c1-13(15-8-7-14(19)12-16(15)20)23-18(21)22-9-3-5-11-24-10-4-2-6-17(24)25;/h2,4,6-8,10,12-13H,3,5,9,11H2,1H3,(H3,21,22,23);1H. The highest BCUT2D eigenvalue weighted by atomic mass is 127. The van der Waals surface area contributed by atoms with E-state index in [0.717, 1.165) is 18.4 Å². The number of aromatic nitrogens is 1. The lowest BCUT2D eigenvalue weighted by Crippen LogP contribution is -2.34. The van der Waals surface area contributed by atoms with Crippen molar-refractivity contribution in [3.05, 3.63) is 68.6 Å². The molecule has 0 bridgehead atoms. The van der Waals surface area contributed by atoms with E-state index in [9.17, 15) is 4.79 Å². The number of rotatable bonds is 7. The molecule has 2 rings (SSSR count). The van der Waals surface area contributed by atoms with Crippen LogP contribution in [0.2, 0.25) is 10.0 Å². The molecule has 0 aliphatic carbocycles. The van der Waals surface area contributed by atoms with Crippen molar-refractivity contribution in [2.75, 3.05) is 6.54 Å². The number of benzene rings is 1. The van der Waals surface area contributed by atoms with Crippen LogP contribution in [0.25, 0.3) is 0 Å². The third kappa shape index (κ3) is 7.17. The van der Waals surface area contributed by atoms with Gasteiger partial charge in [-0.15, -0.1) is 24.0 Å². The van der Waals surface area contributed by atoms with Gasteiger partial charge < -0.3 is 15.6 Å². The second kappa shape index (κ2) is 11.5. The molecule has 0 saturated carbocycles. The molecule has 1 atom stereocenters. The molecule has 0 saturated heterocycles. The number of aryl methyl sites for hydroxylation is 1. The number of unbranched alkanes of at least 4 members (excludes halogenated alkanes) is 1. The first-order valence-corrected chi connectivity index (χ1v) is 8.90. The van der Waals surface area contributed by atoms with E-state index in [4.69, 9.17) is 28.9 Å². The highest BCUT2D eigenvalue weighted by Gasteiger charge is 2.10. The number of hydrogen-bond acceptors (Lipinski definition) is 2. The number of guanidine groups is 1. The zero-order valence-electron chi connectivity index (χ0n) is 14.5. The maximum absolute atomic E-state index is 11.6. The molecule has 1 unspecified atom stereocenters. The third-order valence-electron chi connectivity index (χ3n) is 3.78. The lowest BCUT2D eigenvalue weighted by atomic mass is 10.1. The van der Waals surface area contributed by atoms with E-state index in [1.807, 2.05) is 19.1 Å². The molecular weight excluding hydrogens is 486 g/mol. The van der Waals surface area contributed by atoms with Gasteiger partial charge in [-0.05, 0) is 43.5 Å². The summed E-state index contributed by atoms with van der Waals surface area (Å²) in [5.41, 5.74) is 6.85. The number of aliphatic imine (C=N–C) groups is 1. The van der Waals surface area contributed by atoms with Crippen LogP contribution in [0.1, 0.15) is 31.4 Å². The molecule has 8 heteroatoms. The molecular formula is C18H23Cl2IN4O. The average molecular weight is 509 g/mol. The lowest BCUT2D eigenvalue weighted by Gasteiger charge is -2.16. The number of nitrogens with zero attached hydrogens (tertiary/aromatic N) is 2. The fourth-order valence-corrected chi connectivity index (χ4v) is 3.01. The quantitative estimate of drug-likeness (QED) is 0.254. The first-order valence-electron chi connectivity index (χ1n) is 8.14. The molecule has 1 aromatic heterocycles. The van der Waals surface area contributed by atoms with E-state index in [2.05, 4.69) is 10.3 Å². The maximum Gasteiger partial charge on any atom is 0.250 e. The van der Waals surface area contributed by atoms with Gasteiger partial charge in [0.05, 0.1) is 6.04 Å². The number of nitrogens with one attached hydrogen (secondary N) is 1. The summed E-state index contributed by atoms with van der Waals surface area (Å²) in [7, 11) is 0. The van der Waals surface area contributed by atoms with Crippen LogP contribution in [-0.2, 0) is 6.54 Å². The van der Waals surface area contributed by atoms with E-state index in [1.165, 1.54) is 0 Å². The number of nitrogens with two attached hydrogens (primary N) is 1. The van der Waals surface area contributed by atoms with E-state index >= 15 is 0 Å². The Balaban J connectivity index is 0.00000338. The van der Waals surface area contributed by atoms with Gasteiger partial charge in [0.2, 0.25) is 5.56 Å². The lowest BCUT2D eigenvalue weighted by molar-refractivity contribution is 0.597. The summed E-state index contributed by atoms with van der Waals surface area (Å²) in [4.78, 5) is 15.9. The Labute approximate surface area is 180 Å². The Morgan fingerprint density at radius 3 is 2.73 bits per heavy atom. The molecule has 0 spiro atoms. The SMILES string of the molecule is CC(NC(N)=NCCCCn1ccccc1=O)c1ccc(Cl)cc1Cl.I. The monoisotopic (exact) mass is 508 g/mol. The minimum Gasteiger partial charge on any atom is -0.370 e. The minimum atomic E-state index is -0.0728. The Morgan fingerprint density at radius 1 is 1.27 bits per heavy atom. The summed E-state index contributed by atoms with van der Waals surface area (Å²) < 4.78 is 1.69. The molecule has 3 N–H and O–H groups in total. The Morgan fingerprint density at radius 2 is 2.04 bits per heavy atom. The molecule has 5 nitrogen and oxygen atoms in total. The van der Waals surface area contributed by atoms with Crippen LogP contribution in [-0.4, -0.2) is 17.1 Å². The summed E-state index contributed by atoms with van der Waals surface area (Å²) in [5, 5.41) is 4.31. The van der Waals surface area contributed by atoms with Crippen molar-refractivity contribution >= 4 is 53.1 Å². The Kier molecular flexibility index (Phi) is 10.0. The number of hydrogen-bond donors (Lipinski definition) is 2. The summed E-state index contributed by atoms with van der Waals surface area (Å²) in [6.07, 6.45) is 3.50. The average Bonchev–Trinajstić information content (AvgIpc) is 2.56. The van der Waals surface area contributed by atoms with Crippen LogP contribution in [0.15, 0.2) is 52.4 Å². The third-order valence-corrected chi connectivity index (χ3v) is 4.34. The zero-order chi connectivity index (χ0) is 18.2. The smallest absolute Gasteiger partial charge is 0.250 e. The van der Waals surface area contributed by atoms with Crippen LogP contribution in [0.4, 0.5) is 0 Å². The van der Waals surface area contributed by atoms with Crippen molar-refractivity contribution in [2.45, 2.75) is 32.4 Å². The number of halogens is 3. The topological polar surface area (TPSA) is 72.4 Å². The molecule has 0 fully saturated rings. The Hall–Kier alpha value is -1.25. The van der Waals surface area contributed by atoms with Gasteiger partial charge in [0.1, 0.15) is 0 Å². The van der Waals surface area contributed by atoms with Crippen LogP contribution >= 0.6 is 47.2 Å². The minimum absolute atomic E-state index is 0. The molecule has 26 heavy (non-hydrogen) atoms. The molecule has 142 valence electrons. The van der Waals surface area contributed by atoms with E-state index in [0.29, 0.717) is 29.1 Å². The maximum atomic E-state index is 11.6. The van der Waals surface area contributed by atoms with Crippen molar-refractivity contribution in [3.8, 4) is 0 Å². The van der Waals surface area contributed by atoms with E-state index in [-0.39, 0.29) is 35.6 Å². The van der Waals surface area contributed by atoms with Crippen molar-refractivity contribution < 1.29 is 0 Å². The van der Waals surface area contributed by atoms with Gasteiger partial charge in [-0.2, -0.15) is 0 Å². The van der Waals surface area contributed by atoms with Crippen molar-refractivity contribution in [3.63, 3.8) is 0 Å². The summed E-state index contributed by atoms with van der Waals surface area (Å²) >= 11 is 12.1. The van der Waals surface area contributed by atoms with Gasteiger partial charge in [-0.3, -0.25) is 9.79 Å². The normalized spacial score (nSPS) is 12.3. The second-order valence-electron chi connectivity index (χ2n) is 5.74. The highest BCUT2D eigenvalue weighted by molar-refractivity contribution is 14.0. The van der Waals surface area contributed by atoms with Crippen LogP contribution in [0.5, 0.6) is 0 Å². The Bertz CT molecular complexity index is 795. The molecule has 0 aliphatic rings. The predicted molar refractivity (Wildman–Crippen MR) is 120 cm³/mol. The van der Waals surface area contributed by atoms with Crippen molar-refractivity contribution in [1.82, 2.24) is 9.88 Å². The molecule has 2 aromatic rings. The molecule has 1 heterocycles.